The average molecular weight is 530 g/mol. The fourth-order valence-corrected chi connectivity index (χ4v) is 3.89. The Morgan fingerprint density at radius 3 is 2.43 bits per heavy atom. The van der Waals surface area contributed by atoms with Crippen molar-refractivity contribution in [1.82, 2.24) is 10.4 Å². The topological polar surface area (TPSA) is 96.6 Å². The van der Waals surface area contributed by atoms with Crippen LogP contribution in [0.1, 0.15) is 40.3 Å². The molecular formula is C23H17F7N4O3. The number of anilines is 1. The number of hydrogen-bond acceptors (Lipinski definition) is 5. The predicted molar refractivity (Wildman–Crippen MR) is 117 cm³/mol. The number of hydrogen-bond donors (Lipinski definition) is 2. The number of aryl methyl sites for hydroxylation is 1. The van der Waals surface area contributed by atoms with Crippen molar-refractivity contribution in [2.75, 3.05) is 5.32 Å². The molecule has 2 aromatic heterocycles. The fourth-order valence-electron chi connectivity index (χ4n) is 3.89. The molecule has 37 heavy (non-hydrogen) atoms. The maximum atomic E-state index is 13.6. The second-order valence-corrected chi connectivity index (χ2v) is 8.19. The van der Waals surface area contributed by atoms with E-state index < -0.39 is 29.8 Å². The quantitative estimate of drug-likeness (QED) is 0.342. The summed E-state index contributed by atoms with van der Waals surface area (Å²) in [6, 6.07) is 8.62. The first-order chi connectivity index (χ1) is 17.3. The minimum absolute atomic E-state index is 0.0448. The minimum atomic E-state index is -6.66. The second-order valence-electron chi connectivity index (χ2n) is 8.19. The van der Waals surface area contributed by atoms with E-state index in [0.29, 0.717) is 24.0 Å². The van der Waals surface area contributed by atoms with E-state index in [1.54, 1.807) is 36.5 Å². The van der Waals surface area contributed by atoms with Gasteiger partial charge in [-0.2, -0.15) is 35.8 Å². The lowest BCUT2D eigenvalue weighted by molar-refractivity contribution is -0.344. The van der Waals surface area contributed by atoms with Crippen LogP contribution in [0.3, 0.4) is 0 Å². The Hall–Kier alpha value is -3.97. The van der Waals surface area contributed by atoms with Gasteiger partial charge in [0.05, 0.1) is 16.9 Å². The second kappa shape index (κ2) is 9.16. The summed E-state index contributed by atoms with van der Waals surface area (Å²) in [7, 11) is 0. The highest BCUT2D eigenvalue weighted by Gasteiger charge is 2.76. The summed E-state index contributed by atoms with van der Waals surface area (Å²) in [6.45, 7) is 1.45. The normalized spacial score (nSPS) is 15.5. The molecule has 2 N–H and O–H groups in total. The molecule has 1 aromatic carbocycles. The molecule has 0 aliphatic heterocycles. The number of pyridine rings is 1. The van der Waals surface area contributed by atoms with Crippen molar-refractivity contribution in [1.29, 1.82) is 0 Å². The highest BCUT2D eigenvalue weighted by molar-refractivity contribution is 6.11. The zero-order valence-electron chi connectivity index (χ0n) is 18.9. The first kappa shape index (κ1) is 26.1. The van der Waals surface area contributed by atoms with Crippen molar-refractivity contribution in [3.05, 3.63) is 59.2 Å². The summed E-state index contributed by atoms with van der Waals surface area (Å²) in [4.78, 5) is 28.8. The highest BCUT2D eigenvalue weighted by Crippen LogP contribution is 2.46. The number of benzene rings is 1. The van der Waals surface area contributed by atoms with Crippen molar-refractivity contribution < 1.29 is 44.7 Å². The van der Waals surface area contributed by atoms with Crippen molar-refractivity contribution >= 4 is 34.1 Å². The molecule has 2 heterocycles. The van der Waals surface area contributed by atoms with Crippen LogP contribution in [0.25, 0.3) is 10.9 Å². The average Bonchev–Trinajstić information content (AvgIpc) is 3.19. The number of furan rings is 1. The SMILES string of the molecule is Cc1c(C(=O)Nc2cccc3cccnc23)oc2c1/C(=N/NC(=O)C(F)(F)C(F)(F)C(F)(F)F)CCC2. The maximum absolute atomic E-state index is 13.6. The van der Waals surface area contributed by atoms with Gasteiger partial charge >= 0.3 is 23.9 Å². The predicted octanol–water partition coefficient (Wildman–Crippen LogP) is 5.38. The zero-order valence-corrected chi connectivity index (χ0v) is 18.9. The highest BCUT2D eigenvalue weighted by atomic mass is 19.4. The van der Waals surface area contributed by atoms with E-state index in [4.69, 9.17) is 4.42 Å². The number of aromatic nitrogens is 1. The Balaban J connectivity index is 1.60. The molecule has 0 radical (unpaired) electrons. The van der Waals surface area contributed by atoms with E-state index in [-0.39, 0.29) is 34.8 Å². The number of rotatable bonds is 5. The largest absolute Gasteiger partial charge is 0.460 e. The molecule has 196 valence electrons. The summed E-state index contributed by atoms with van der Waals surface area (Å²) in [5, 5.41) is 6.81. The molecule has 0 fully saturated rings. The van der Waals surface area contributed by atoms with Crippen LogP contribution in [-0.4, -0.2) is 40.5 Å². The Morgan fingerprint density at radius 1 is 1.03 bits per heavy atom. The van der Waals surface area contributed by atoms with E-state index in [1.807, 2.05) is 0 Å². The number of nitrogens with one attached hydrogen (secondary N) is 2. The summed E-state index contributed by atoms with van der Waals surface area (Å²) in [6.07, 6.45) is -4.46. The third-order valence-electron chi connectivity index (χ3n) is 5.74. The number of nitrogens with zero attached hydrogens (tertiary/aromatic N) is 2. The lowest BCUT2D eigenvalue weighted by Crippen LogP contribution is -2.58. The van der Waals surface area contributed by atoms with Gasteiger partial charge < -0.3 is 9.73 Å². The minimum Gasteiger partial charge on any atom is -0.455 e. The van der Waals surface area contributed by atoms with E-state index in [2.05, 4.69) is 15.4 Å². The van der Waals surface area contributed by atoms with Gasteiger partial charge in [-0.3, -0.25) is 14.6 Å². The lowest BCUT2D eigenvalue weighted by atomic mass is 9.93. The Morgan fingerprint density at radius 2 is 1.73 bits per heavy atom. The van der Waals surface area contributed by atoms with E-state index >= 15 is 0 Å². The molecule has 0 spiro atoms. The molecule has 1 aliphatic carbocycles. The van der Waals surface area contributed by atoms with Crippen molar-refractivity contribution in [3.63, 3.8) is 0 Å². The molecule has 0 bridgehead atoms. The van der Waals surface area contributed by atoms with Crippen LogP contribution < -0.4 is 10.7 Å². The maximum Gasteiger partial charge on any atom is 0.460 e. The van der Waals surface area contributed by atoms with Crippen molar-refractivity contribution in [2.24, 2.45) is 5.10 Å². The van der Waals surface area contributed by atoms with Crippen molar-refractivity contribution in [2.45, 2.75) is 44.2 Å². The summed E-state index contributed by atoms with van der Waals surface area (Å²) < 4.78 is 96.2. The molecule has 0 saturated heterocycles. The number of para-hydroxylation sites is 1. The van der Waals surface area contributed by atoms with E-state index in [9.17, 15) is 40.3 Å². The molecule has 14 heteroatoms. The van der Waals surface area contributed by atoms with Gasteiger partial charge in [-0.15, -0.1) is 0 Å². The molecule has 0 atom stereocenters. The lowest BCUT2D eigenvalue weighted by Gasteiger charge is -2.26. The molecule has 1 aliphatic rings. The summed E-state index contributed by atoms with van der Waals surface area (Å²) in [5.41, 5.74) is 2.25. The number of alkyl halides is 7. The van der Waals surface area contributed by atoms with Crippen LogP contribution in [0.15, 0.2) is 46.0 Å². The van der Waals surface area contributed by atoms with Gasteiger partial charge in [0.25, 0.3) is 5.91 Å². The van der Waals surface area contributed by atoms with Gasteiger partial charge in [0.15, 0.2) is 5.76 Å². The van der Waals surface area contributed by atoms with Crippen LogP contribution >= 0.6 is 0 Å². The van der Waals surface area contributed by atoms with Crippen LogP contribution in [0.2, 0.25) is 0 Å². The Labute approximate surface area is 203 Å². The first-order valence-electron chi connectivity index (χ1n) is 10.7. The zero-order chi connectivity index (χ0) is 27.2. The Bertz CT molecular complexity index is 1410. The first-order valence-corrected chi connectivity index (χ1v) is 10.7. The number of amides is 2. The number of carbonyl (C=O) groups is 2. The van der Waals surface area contributed by atoms with Gasteiger partial charge in [0, 0.05) is 29.1 Å². The monoisotopic (exact) mass is 530 g/mol. The van der Waals surface area contributed by atoms with Gasteiger partial charge in [-0.05, 0) is 31.9 Å². The van der Waals surface area contributed by atoms with Crippen molar-refractivity contribution in [3.8, 4) is 0 Å². The molecule has 4 rings (SSSR count). The molecule has 0 unspecified atom stereocenters. The summed E-state index contributed by atoms with van der Waals surface area (Å²) >= 11 is 0. The number of halogens is 7. The fraction of sp³-hybridized carbons (Fsp3) is 0.304. The molecule has 2 amide bonds. The Kier molecular flexibility index (Phi) is 6.46. The third-order valence-corrected chi connectivity index (χ3v) is 5.74. The van der Waals surface area contributed by atoms with Crippen LogP contribution in [0.5, 0.6) is 0 Å². The molecular weight excluding hydrogens is 513 g/mol. The van der Waals surface area contributed by atoms with E-state index in [0.717, 1.165) is 10.8 Å². The van der Waals surface area contributed by atoms with Gasteiger partial charge in [0.1, 0.15) is 5.76 Å². The summed E-state index contributed by atoms with van der Waals surface area (Å²) in [5.74, 6) is -16.3. The number of carbonyl (C=O) groups excluding carboxylic acids is 2. The van der Waals surface area contributed by atoms with Gasteiger partial charge in [0.2, 0.25) is 0 Å². The number of hydrazone groups is 1. The van der Waals surface area contributed by atoms with Crippen LogP contribution in [-0.2, 0) is 11.2 Å². The molecule has 3 aromatic rings. The van der Waals surface area contributed by atoms with Crippen LogP contribution in [0, 0.1) is 6.92 Å². The van der Waals surface area contributed by atoms with E-state index in [1.165, 1.54) is 6.92 Å². The van der Waals surface area contributed by atoms with Gasteiger partial charge in [-0.1, -0.05) is 18.2 Å². The standard InChI is InChI=1S/C23H17F7N4O3/c1-11-16-13(33-34-20(36)21(24,25)22(26,27)23(28,29)30)7-3-9-15(16)37-18(11)19(35)32-14-8-2-5-12-6-4-10-31-17(12)14/h2,4-6,8,10H,3,7,9H2,1H3,(H,32,35)(H,34,36)/b33-13+. The van der Waals surface area contributed by atoms with Gasteiger partial charge in [-0.25, -0.2) is 5.43 Å². The molecule has 0 saturated carbocycles. The third kappa shape index (κ3) is 4.51. The molecule has 7 nitrogen and oxygen atoms in total. The smallest absolute Gasteiger partial charge is 0.455 e. The van der Waals surface area contributed by atoms with Crippen LogP contribution in [0.4, 0.5) is 36.4 Å². The number of fused-ring (bicyclic) bond motifs is 2.